The highest BCUT2D eigenvalue weighted by Gasteiger charge is 2.40. The summed E-state index contributed by atoms with van der Waals surface area (Å²) in [5.74, 6) is 0.896. The van der Waals surface area contributed by atoms with Gasteiger partial charge in [0.1, 0.15) is 5.70 Å². The average Bonchev–Trinajstić information content (AvgIpc) is 3.39. The summed E-state index contributed by atoms with van der Waals surface area (Å²) in [6.07, 6.45) is 6.55. The maximum Gasteiger partial charge on any atom is 0.268 e. The van der Waals surface area contributed by atoms with Crippen molar-refractivity contribution in [1.82, 2.24) is 10.6 Å². The first kappa shape index (κ1) is 18.0. The van der Waals surface area contributed by atoms with Gasteiger partial charge >= 0.3 is 0 Å². The maximum atomic E-state index is 12.9. The van der Waals surface area contributed by atoms with Crippen molar-refractivity contribution in [3.63, 3.8) is 0 Å². The molecular weight excluding hydrogens is 356 g/mol. The molecule has 27 heavy (non-hydrogen) atoms. The second-order valence-electron chi connectivity index (χ2n) is 7.65. The number of carbonyl (C=O) groups excluding carboxylic acids is 2. The van der Waals surface area contributed by atoms with Gasteiger partial charge in [0.05, 0.1) is 0 Å². The third kappa shape index (κ3) is 4.14. The standard InChI is InChI=1S/C22H24N2O2S/c1-14-4-2-5-17(10-14)21(25)24-20(13-18-6-3-9-27-18)22(26)23-19-12-15-7-8-16(19)11-15/h2-6,9-10,13,15-16,19H,7-8,11-12H2,1H3,(H,23,26)(H,24,25)/b20-13-/t15-,16+,19-/m0/s1. The molecule has 0 aliphatic heterocycles. The first-order valence-corrected chi connectivity index (χ1v) is 10.4. The fraction of sp³-hybridized carbons (Fsp3) is 0.364. The van der Waals surface area contributed by atoms with E-state index in [2.05, 4.69) is 10.6 Å². The Kier molecular flexibility index (Phi) is 5.12. The summed E-state index contributed by atoms with van der Waals surface area (Å²) in [7, 11) is 0. The molecule has 0 unspecified atom stereocenters. The first-order chi connectivity index (χ1) is 13.1. The molecule has 5 heteroatoms. The molecule has 1 aromatic heterocycles. The van der Waals surface area contributed by atoms with Gasteiger partial charge in [0, 0.05) is 16.5 Å². The SMILES string of the molecule is Cc1cccc(C(=O)N/C(=C\c2cccs2)C(=O)N[C@H]2C[C@H]3CC[C@@H]2C3)c1. The molecule has 3 atom stereocenters. The third-order valence-corrected chi connectivity index (χ3v) is 6.48. The quantitative estimate of drug-likeness (QED) is 0.766. The highest BCUT2D eigenvalue weighted by atomic mass is 32.1. The van der Waals surface area contributed by atoms with Crippen LogP contribution in [0, 0.1) is 18.8 Å². The minimum Gasteiger partial charge on any atom is -0.348 e. The highest BCUT2D eigenvalue weighted by Crippen LogP contribution is 2.44. The Hall–Kier alpha value is -2.40. The van der Waals surface area contributed by atoms with E-state index in [4.69, 9.17) is 0 Å². The number of benzene rings is 1. The predicted octanol–water partition coefficient (Wildman–Crippen LogP) is 4.13. The molecule has 4 nitrogen and oxygen atoms in total. The molecule has 4 rings (SSSR count). The molecule has 1 heterocycles. The number of carbonyl (C=O) groups is 2. The largest absolute Gasteiger partial charge is 0.348 e. The molecule has 2 aliphatic carbocycles. The van der Waals surface area contributed by atoms with Crippen molar-refractivity contribution in [3.8, 4) is 0 Å². The van der Waals surface area contributed by atoms with Crippen molar-refractivity contribution >= 4 is 29.2 Å². The number of rotatable bonds is 5. The Morgan fingerprint density at radius 2 is 2.04 bits per heavy atom. The van der Waals surface area contributed by atoms with E-state index < -0.39 is 0 Å². The van der Waals surface area contributed by atoms with E-state index in [9.17, 15) is 9.59 Å². The fourth-order valence-corrected chi connectivity index (χ4v) is 4.98. The minimum atomic E-state index is -0.260. The third-order valence-electron chi connectivity index (χ3n) is 5.66. The van der Waals surface area contributed by atoms with Crippen LogP contribution in [0.15, 0.2) is 47.5 Å². The zero-order chi connectivity index (χ0) is 18.8. The zero-order valence-corrected chi connectivity index (χ0v) is 16.2. The van der Waals surface area contributed by atoms with Crippen molar-refractivity contribution < 1.29 is 9.59 Å². The smallest absolute Gasteiger partial charge is 0.268 e. The minimum absolute atomic E-state index is 0.193. The summed E-state index contributed by atoms with van der Waals surface area (Å²) in [6.45, 7) is 1.95. The van der Waals surface area contributed by atoms with Gasteiger partial charge in [-0.1, -0.05) is 30.2 Å². The van der Waals surface area contributed by atoms with Gasteiger partial charge in [-0.25, -0.2) is 0 Å². The van der Waals surface area contributed by atoms with E-state index in [0.29, 0.717) is 17.2 Å². The van der Waals surface area contributed by atoms with E-state index in [1.165, 1.54) is 19.3 Å². The van der Waals surface area contributed by atoms with Crippen molar-refractivity contribution in [2.75, 3.05) is 0 Å². The molecule has 2 bridgehead atoms. The van der Waals surface area contributed by atoms with Crippen LogP contribution in [0.2, 0.25) is 0 Å². The Balaban J connectivity index is 1.52. The van der Waals surface area contributed by atoms with Crippen LogP contribution in [0.4, 0.5) is 0 Å². The molecule has 2 amide bonds. The van der Waals surface area contributed by atoms with Crippen LogP contribution in [0.5, 0.6) is 0 Å². The van der Waals surface area contributed by atoms with Gasteiger partial charge in [-0.15, -0.1) is 11.3 Å². The van der Waals surface area contributed by atoms with Gasteiger partial charge < -0.3 is 10.6 Å². The lowest BCUT2D eigenvalue weighted by molar-refractivity contribution is -0.118. The number of hydrogen-bond donors (Lipinski definition) is 2. The molecule has 2 aromatic rings. The van der Waals surface area contributed by atoms with Gasteiger partial charge in [-0.05, 0) is 67.7 Å². The Labute approximate surface area is 163 Å². The van der Waals surface area contributed by atoms with Crippen LogP contribution >= 0.6 is 11.3 Å². The van der Waals surface area contributed by atoms with Crippen LogP contribution in [-0.2, 0) is 4.79 Å². The normalized spacial score (nSPS) is 24.0. The number of fused-ring (bicyclic) bond motifs is 2. The maximum absolute atomic E-state index is 12.9. The molecule has 2 N–H and O–H groups in total. The summed E-state index contributed by atoms with van der Waals surface area (Å²) in [4.78, 5) is 26.6. The monoisotopic (exact) mass is 380 g/mol. The molecule has 0 saturated heterocycles. The molecule has 0 spiro atoms. The zero-order valence-electron chi connectivity index (χ0n) is 15.4. The Morgan fingerprint density at radius 3 is 2.70 bits per heavy atom. The van der Waals surface area contributed by atoms with Gasteiger partial charge in [0.25, 0.3) is 11.8 Å². The number of amides is 2. The topological polar surface area (TPSA) is 58.2 Å². The summed E-state index contributed by atoms with van der Waals surface area (Å²) < 4.78 is 0. The van der Waals surface area contributed by atoms with E-state index in [1.54, 1.807) is 23.5 Å². The Bertz CT molecular complexity index is 872. The van der Waals surface area contributed by atoms with Crippen molar-refractivity contribution in [2.45, 2.75) is 38.6 Å². The number of aryl methyl sites for hydroxylation is 1. The summed E-state index contributed by atoms with van der Waals surface area (Å²) in [6, 6.07) is 11.5. The van der Waals surface area contributed by atoms with Gasteiger partial charge in [-0.2, -0.15) is 0 Å². The lowest BCUT2D eigenvalue weighted by Gasteiger charge is -2.23. The van der Waals surface area contributed by atoms with Gasteiger partial charge in [0.2, 0.25) is 0 Å². The van der Waals surface area contributed by atoms with Gasteiger partial charge in [0.15, 0.2) is 0 Å². The lowest BCUT2D eigenvalue weighted by Crippen LogP contribution is -2.42. The molecular formula is C22H24N2O2S. The van der Waals surface area contributed by atoms with Gasteiger partial charge in [-0.3, -0.25) is 9.59 Å². The summed E-state index contributed by atoms with van der Waals surface area (Å²) in [5.41, 5.74) is 1.88. The number of hydrogen-bond acceptors (Lipinski definition) is 3. The van der Waals surface area contributed by atoms with Crippen LogP contribution in [0.25, 0.3) is 6.08 Å². The van der Waals surface area contributed by atoms with E-state index >= 15 is 0 Å². The van der Waals surface area contributed by atoms with Crippen molar-refractivity contribution in [1.29, 1.82) is 0 Å². The van der Waals surface area contributed by atoms with Crippen LogP contribution < -0.4 is 10.6 Å². The molecule has 2 fully saturated rings. The molecule has 2 saturated carbocycles. The predicted molar refractivity (Wildman–Crippen MR) is 108 cm³/mol. The highest BCUT2D eigenvalue weighted by molar-refractivity contribution is 7.10. The fourth-order valence-electron chi connectivity index (χ4n) is 4.32. The van der Waals surface area contributed by atoms with E-state index in [0.717, 1.165) is 22.8 Å². The lowest BCUT2D eigenvalue weighted by atomic mass is 9.95. The summed E-state index contributed by atoms with van der Waals surface area (Å²) in [5, 5.41) is 7.97. The van der Waals surface area contributed by atoms with Crippen molar-refractivity contribution in [3.05, 3.63) is 63.5 Å². The van der Waals surface area contributed by atoms with Crippen LogP contribution in [0.1, 0.15) is 46.5 Å². The molecule has 1 aromatic carbocycles. The Morgan fingerprint density at radius 1 is 1.15 bits per heavy atom. The van der Waals surface area contributed by atoms with Crippen LogP contribution in [0.3, 0.4) is 0 Å². The van der Waals surface area contributed by atoms with Crippen LogP contribution in [-0.4, -0.2) is 17.9 Å². The second kappa shape index (κ2) is 7.69. The second-order valence-corrected chi connectivity index (χ2v) is 8.63. The summed E-state index contributed by atoms with van der Waals surface area (Å²) >= 11 is 1.54. The molecule has 0 radical (unpaired) electrons. The first-order valence-electron chi connectivity index (χ1n) is 9.52. The van der Waals surface area contributed by atoms with E-state index in [-0.39, 0.29) is 17.9 Å². The molecule has 2 aliphatic rings. The number of thiophene rings is 1. The number of nitrogens with one attached hydrogen (secondary N) is 2. The average molecular weight is 381 g/mol. The molecule has 140 valence electrons. The van der Waals surface area contributed by atoms with E-state index in [1.807, 2.05) is 42.6 Å². The van der Waals surface area contributed by atoms with Crippen molar-refractivity contribution in [2.24, 2.45) is 11.8 Å².